The SMILES string of the molecule is C=C(C)[C@H]1CC[C@H](C)C2=C(C1)[C@@]1(C)Oc3c(cc4c(c3C)C=C[C@H]3[C@@]4(C)CC[C@@]4(C)[C@@H]5C[C@](C)(C(=O)OC)CC[C@]5(C)CC[C@]34C)O[C@H]1C2. The van der Waals surface area contributed by atoms with Crippen LogP contribution in [0, 0.1) is 52.3 Å². The number of hydrogen-bond donors (Lipinski definition) is 0. The first kappa shape index (κ1) is 33.6. The van der Waals surface area contributed by atoms with Crippen LogP contribution in [-0.2, 0) is 14.9 Å². The summed E-state index contributed by atoms with van der Waals surface area (Å²) in [6.45, 7) is 26.0. The van der Waals surface area contributed by atoms with Gasteiger partial charge in [0.15, 0.2) is 17.1 Å². The van der Waals surface area contributed by atoms with Crippen molar-refractivity contribution < 1.29 is 19.0 Å². The minimum atomic E-state index is -0.438. The van der Waals surface area contributed by atoms with Crippen LogP contribution in [0.2, 0.25) is 0 Å². The summed E-state index contributed by atoms with van der Waals surface area (Å²) < 4.78 is 19.8. The molecule has 6 aliphatic carbocycles. The van der Waals surface area contributed by atoms with Crippen molar-refractivity contribution in [3.8, 4) is 11.5 Å². The summed E-state index contributed by atoms with van der Waals surface area (Å²) in [6.07, 6.45) is 17.2. The molecular weight excluding hydrogens is 604 g/mol. The van der Waals surface area contributed by atoms with Gasteiger partial charge in [-0.1, -0.05) is 64.5 Å². The molecule has 1 aromatic carbocycles. The average Bonchev–Trinajstić information content (AvgIpc) is 3.22. The summed E-state index contributed by atoms with van der Waals surface area (Å²) in [7, 11) is 1.57. The normalized spacial score (nSPS) is 46.3. The quantitative estimate of drug-likeness (QED) is 0.233. The van der Waals surface area contributed by atoms with Gasteiger partial charge in [-0.15, -0.1) is 0 Å². The largest absolute Gasteiger partial charge is 0.482 e. The number of ether oxygens (including phenoxy) is 3. The predicted molar refractivity (Wildman–Crippen MR) is 198 cm³/mol. The fraction of sp³-hybridized carbons (Fsp3) is 0.711. The first-order valence-electron chi connectivity index (χ1n) is 19.6. The van der Waals surface area contributed by atoms with E-state index in [1.807, 2.05) is 0 Å². The van der Waals surface area contributed by atoms with Crippen LogP contribution < -0.4 is 9.47 Å². The van der Waals surface area contributed by atoms with Gasteiger partial charge < -0.3 is 14.2 Å². The Labute approximate surface area is 296 Å². The highest BCUT2D eigenvalue weighted by molar-refractivity contribution is 5.76. The summed E-state index contributed by atoms with van der Waals surface area (Å²) in [5.41, 5.74) is 8.08. The summed E-state index contributed by atoms with van der Waals surface area (Å²) in [5.74, 6) is 3.86. The number of esters is 1. The van der Waals surface area contributed by atoms with E-state index in [0.29, 0.717) is 23.7 Å². The Balaban J connectivity index is 1.16. The summed E-state index contributed by atoms with van der Waals surface area (Å²) in [6, 6.07) is 2.41. The third-order valence-electron chi connectivity index (χ3n) is 17.1. The molecule has 1 aliphatic heterocycles. The van der Waals surface area contributed by atoms with E-state index in [1.165, 1.54) is 59.9 Å². The number of rotatable bonds is 2. The zero-order valence-electron chi connectivity index (χ0n) is 32.2. The lowest BCUT2D eigenvalue weighted by atomic mass is 9.33. The number of fused-ring (bicyclic) bond motifs is 10. The lowest BCUT2D eigenvalue weighted by Gasteiger charge is -2.71. The fourth-order valence-electron chi connectivity index (χ4n) is 13.3. The second kappa shape index (κ2) is 10.5. The number of hydrogen-bond acceptors (Lipinski definition) is 4. The van der Waals surface area contributed by atoms with Gasteiger partial charge in [0, 0.05) is 17.4 Å². The minimum absolute atomic E-state index is 0.00457. The fourth-order valence-corrected chi connectivity index (χ4v) is 13.3. The van der Waals surface area contributed by atoms with E-state index in [0.717, 1.165) is 50.0 Å². The highest BCUT2D eigenvalue weighted by atomic mass is 16.6. The van der Waals surface area contributed by atoms with E-state index in [9.17, 15) is 4.79 Å². The maximum absolute atomic E-state index is 13.2. The van der Waals surface area contributed by atoms with E-state index in [-0.39, 0.29) is 33.7 Å². The Hall–Kier alpha value is -2.49. The molecule has 8 rings (SSSR count). The molecule has 0 N–H and O–H groups in total. The monoisotopic (exact) mass is 666 g/mol. The molecule has 0 amide bonds. The van der Waals surface area contributed by atoms with Crippen LogP contribution >= 0.6 is 0 Å². The second-order valence-electron chi connectivity index (χ2n) is 19.6. The summed E-state index contributed by atoms with van der Waals surface area (Å²) in [4.78, 5) is 13.2. The third-order valence-corrected chi connectivity index (χ3v) is 17.1. The Morgan fingerprint density at radius 2 is 1.67 bits per heavy atom. The van der Waals surface area contributed by atoms with Crippen molar-refractivity contribution in [3.05, 3.63) is 52.1 Å². The van der Waals surface area contributed by atoms with Crippen LogP contribution in [-0.4, -0.2) is 24.8 Å². The van der Waals surface area contributed by atoms with E-state index in [1.54, 1.807) is 12.7 Å². The molecule has 0 saturated heterocycles. The Morgan fingerprint density at radius 1 is 0.959 bits per heavy atom. The molecule has 1 heterocycles. The van der Waals surface area contributed by atoms with Gasteiger partial charge in [0.2, 0.25) is 0 Å². The van der Waals surface area contributed by atoms with Crippen LogP contribution in [0.4, 0.5) is 0 Å². The van der Waals surface area contributed by atoms with Gasteiger partial charge in [-0.25, -0.2) is 0 Å². The summed E-state index contributed by atoms with van der Waals surface area (Å²) in [5, 5.41) is 0. The van der Waals surface area contributed by atoms with Crippen LogP contribution in [0.1, 0.15) is 143 Å². The van der Waals surface area contributed by atoms with Crippen molar-refractivity contribution >= 4 is 12.0 Å². The lowest BCUT2D eigenvalue weighted by molar-refractivity contribution is -0.205. The highest BCUT2D eigenvalue weighted by Crippen LogP contribution is 2.75. The maximum atomic E-state index is 13.2. The van der Waals surface area contributed by atoms with Gasteiger partial charge in [-0.05, 0) is 155 Å². The van der Waals surface area contributed by atoms with E-state index >= 15 is 0 Å². The van der Waals surface area contributed by atoms with Crippen LogP contribution in [0.5, 0.6) is 11.5 Å². The Kier molecular flexibility index (Phi) is 7.23. The maximum Gasteiger partial charge on any atom is 0.311 e. The smallest absolute Gasteiger partial charge is 0.311 e. The van der Waals surface area contributed by atoms with Crippen molar-refractivity contribution in [1.29, 1.82) is 0 Å². The topological polar surface area (TPSA) is 44.8 Å². The molecule has 4 heteroatoms. The van der Waals surface area contributed by atoms with Gasteiger partial charge in [0.25, 0.3) is 0 Å². The molecule has 7 aliphatic rings. The van der Waals surface area contributed by atoms with E-state index < -0.39 is 11.0 Å². The van der Waals surface area contributed by atoms with Gasteiger partial charge in [0.1, 0.15) is 6.10 Å². The van der Waals surface area contributed by atoms with Crippen molar-refractivity contribution in [2.24, 2.45) is 45.3 Å². The molecule has 266 valence electrons. The Morgan fingerprint density at radius 3 is 2.39 bits per heavy atom. The molecule has 0 bridgehead atoms. The van der Waals surface area contributed by atoms with Crippen LogP contribution in [0.15, 0.2) is 35.4 Å². The first-order valence-corrected chi connectivity index (χ1v) is 19.6. The minimum Gasteiger partial charge on any atom is -0.482 e. The molecule has 0 aromatic heterocycles. The number of allylic oxidation sites excluding steroid dienone is 2. The molecule has 3 saturated carbocycles. The second-order valence-corrected chi connectivity index (χ2v) is 19.6. The third kappa shape index (κ3) is 4.30. The van der Waals surface area contributed by atoms with Crippen molar-refractivity contribution in [2.75, 3.05) is 7.11 Å². The van der Waals surface area contributed by atoms with Gasteiger partial charge in [0.05, 0.1) is 12.5 Å². The first-order chi connectivity index (χ1) is 22.9. The van der Waals surface area contributed by atoms with Crippen molar-refractivity contribution in [3.63, 3.8) is 0 Å². The van der Waals surface area contributed by atoms with Crippen molar-refractivity contribution in [1.82, 2.24) is 0 Å². The number of methoxy groups -OCH3 is 1. The Bertz CT molecular complexity index is 1700. The van der Waals surface area contributed by atoms with Crippen molar-refractivity contribution in [2.45, 2.75) is 150 Å². The lowest BCUT2D eigenvalue weighted by Crippen LogP contribution is -2.65. The van der Waals surface area contributed by atoms with E-state index in [2.05, 4.69) is 87.1 Å². The molecule has 3 fully saturated rings. The highest BCUT2D eigenvalue weighted by Gasteiger charge is 2.68. The van der Waals surface area contributed by atoms with Crippen LogP contribution in [0.3, 0.4) is 0 Å². The van der Waals surface area contributed by atoms with Crippen LogP contribution in [0.25, 0.3) is 6.08 Å². The zero-order valence-corrected chi connectivity index (χ0v) is 32.2. The van der Waals surface area contributed by atoms with Gasteiger partial charge >= 0.3 is 5.97 Å². The van der Waals surface area contributed by atoms with Gasteiger partial charge in [-0.2, -0.15) is 0 Å². The average molecular weight is 667 g/mol. The molecule has 4 nitrogen and oxygen atoms in total. The molecule has 0 unspecified atom stereocenters. The number of carbonyl (C=O) groups excluding carboxylic acids is 1. The number of benzene rings is 1. The predicted octanol–water partition coefficient (Wildman–Crippen LogP) is 11.1. The molecule has 0 radical (unpaired) electrons. The molecule has 0 spiro atoms. The zero-order chi connectivity index (χ0) is 35.1. The number of carbonyl (C=O) groups is 1. The summed E-state index contributed by atoms with van der Waals surface area (Å²) >= 11 is 0. The molecule has 1 aromatic rings. The molecular formula is C45H62O4. The molecule has 11 atom stereocenters. The van der Waals surface area contributed by atoms with Gasteiger partial charge in [-0.3, -0.25) is 4.79 Å². The molecule has 49 heavy (non-hydrogen) atoms. The standard InChI is InChI=1S/C45H62O4/c1-26(2)29-13-12-27(3)31-23-37-45(10,33(31)22-29)49-38-28(4)30-14-15-35-42(7,32(30)24-34(38)48-37)19-21-44(9)36-25-41(6,39(46)47-11)17-16-40(36,5)18-20-43(35,44)8/h14-15,24,27,29,35-37H,1,12-13,16-23,25H2,2-11H3/t27-,29-,35-,36+,37-,40+,41+,42-,43+,44-,45+/m0/s1. The van der Waals surface area contributed by atoms with E-state index in [4.69, 9.17) is 14.2 Å².